The summed E-state index contributed by atoms with van der Waals surface area (Å²) in [6, 6.07) is 2.14. The van der Waals surface area contributed by atoms with E-state index in [1.54, 1.807) is 13.8 Å². The average molecular weight is 260 g/mol. The summed E-state index contributed by atoms with van der Waals surface area (Å²) in [4.78, 5) is 12.1. The van der Waals surface area contributed by atoms with E-state index >= 15 is 0 Å². The number of hydrogen-bond donors (Lipinski definition) is 1. The maximum Gasteiger partial charge on any atom is 0.221 e. The first-order chi connectivity index (χ1) is 8.97. The van der Waals surface area contributed by atoms with Gasteiger partial charge in [-0.25, -0.2) is 0 Å². The fraction of sp³-hybridized carbons (Fsp3) is 0.875. The molecule has 1 N–H and O–H groups in total. The predicted molar refractivity (Wildman–Crippen MR) is 73.0 cm³/mol. The van der Waals surface area contributed by atoms with Crippen molar-refractivity contribution in [3.05, 3.63) is 0 Å². The topological polar surface area (TPSA) is 52.9 Å². The van der Waals surface area contributed by atoms with E-state index in [9.17, 15) is 4.79 Å². The number of nitrogens with zero attached hydrogens (tertiary/aromatic N) is 1. The van der Waals surface area contributed by atoms with Gasteiger partial charge in [0.1, 0.15) is 5.54 Å². The number of nitriles is 1. The Labute approximate surface area is 115 Å². The summed E-state index contributed by atoms with van der Waals surface area (Å²) >= 11 is 0. The molecule has 0 aliphatic heterocycles. The van der Waals surface area contributed by atoms with Gasteiger partial charge in [-0.1, -0.05) is 0 Å². The van der Waals surface area contributed by atoms with Crippen molar-refractivity contribution >= 4 is 5.91 Å². The minimum Gasteiger partial charge on any atom is -0.338 e. The van der Waals surface area contributed by atoms with Crippen LogP contribution in [0.4, 0.5) is 0 Å². The highest BCUT2D eigenvalue weighted by Crippen LogP contribution is 2.57. The molecule has 4 rings (SSSR count). The van der Waals surface area contributed by atoms with E-state index in [-0.39, 0.29) is 5.91 Å². The molecule has 4 aliphatic carbocycles. The molecule has 0 aromatic carbocycles. The highest BCUT2D eigenvalue weighted by molar-refractivity contribution is 5.77. The first kappa shape index (κ1) is 13.0. The van der Waals surface area contributed by atoms with Crippen molar-refractivity contribution in [2.24, 2.45) is 29.6 Å². The minimum absolute atomic E-state index is 0.0732. The van der Waals surface area contributed by atoms with E-state index in [2.05, 4.69) is 11.4 Å². The van der Waals surface area contributed by atoms with Gasteiger partial charge >= 0.3 is 0 Å². The van der Waals surface area contributed by atoms with Crippen molar-refractivity contribution in [2.45, 2.75) is 57.9 Å². The van der Waals surface area contributed by atoms with E-state index in [4.69, 9.17) is 5.26 Å². The van der Waals surface area contributed by atoms with Crippen molar-refractivity contribution < 1.29 is 4.79 Å². The van der Waals surface area contributed by atoms with Gasteiger partial charge in [0, 0.05) is 6.42 Å². The second kappa shape index (κ2) is 4.51. The standard InChI is InChI=1S/C16H24N2O/c1-16(2,9-17)18-15(19)8-14-12-4-10-3-11(6-12)7-13(14)5-10/h10-14H,3-8H2,1-2H3,(H,18,19). The van der Waals surface area contributed by atoms with Crippen LogP contribution in [0.1, 0.15) is 52.4 Å². The second-order valence-electron chi connectivity index (χ2n) is 7.58. The summed E-state index contributed by atoms with van der Waals surface area (Å²) in [5.41, 5.74) is -0.733. The van der Waals surface area contributed by atoms with Gasteiger partial charge < -0.3 is 5.32 Å². The Morgan fingerprint density at radius 1 is 1.16 bits per heavy atom. The molecular weight excluding hydrogens is 236 g/mol. The lowest BCUT2D eigenvalue weighted by molar-refractivity contribution is -0.127. The molecule has 19 heavy (non-hydrogen) atoms. The van der Waals surface area contributed by atoms with Crippen LogP contribution in [0.15, 0.2) is 0 Å². The second-order valence-corrected chi connectivity index (χ2v) is 7.58. The molecule has 104 valence electrons. The molecule has 0 atom stereocenters. The van der Waals surface area contributed by atoms with Crippen molar-refractivity contribution in [1.29, 1.82) is 5.26 Å². The fourth-order valence-corrected chi connectivity index (χ4v) is 5.01. The van der Waals surface area contributed by atoms with Crippen LogP contribution < -0.4 is 5.32 Å². The first-order valence-corrected chi connectivity index (χ1v) is 7.69. The van der Waals surface area contributed by atoms with Gasteiger partial charge in [-0.2, -0.15) is 5.26 Å². The van der Waals surface area contributed by atoms with Gasteiger partial charge in [-0.05, 0) is 75.5 Å². The van der Waals surface area contributed by atoms with Crippen LogP contribution in [0.25, 0.3) is 0 Å². The molecule has 0 spiro atoms. The molecular formula is C16H24N2O. The molecule has 0 radical (unpaired) electrons. The molecule has 4 aliphatic rings. The van der Waals surface area contributed by atoms with E-state index in [0.29, 0.717) is 12.3 Å². The Morgan fingerprint density at radius 2 is 1.68 bits per heavy atom. The summed E-state index contributed by atoms with van der Waals surface area (Å²) in [5.74, 6) is 4.14. The summed E-state index contributed by atoms with van der Waals surface area (Å²) in [6.45, 7) is 3.53. The molecule has 3 heteroatoms. The van der Waals surface area contributed by atoms with E-state index in [1.807, 2.05) is 0 Å². The van der Waals surface area contributed by atoms with Crippen LogP contribution in [0.3, 0.4) is 0 Å². The zero-order chi connectivity index (χ0) is 13.6. The number of nitrogens with one attached hydrogen (secondary N) is 1. The lowest BCUT2D eigenvalue weighted by atomic mass is 9.51. The molecule has 0 aromatic heterocycles. The maximum atomic E-state index is 12.1. The van der Waals surface area contributed by atoms with Crippen LogP contribution in [0, 0.1) is 40.9 Å². The zero-order valence-corrected chi connectivity index (χ0v) is 12.0. The van der Waals surface area contributed by atoms with E-state index < -0.39 is 5.54 Å². The summed E-state index contributed by atoms with van der Waals surface area (Å²) in [6.07, 6.45) is 7.51. The van der Waals surface area contributed by atoms with Gasteiger partial charge in [0.15, 0.2) is 0 Å². The third kappa shape index (κ3) is 2.50. The largest absolute Gasteiger partial charge is 0.338 e. The van der Waals surface area contributed by atoms with Crippen LogP contribution in [-0.4, -0.2) is 11.4 Å². The van der Waals surface area contributed by atoms with Gasteiger partial charge in [-0.3, -0.25) is 4.79 Å². The summed E-state index contributed by atoms with van der Waals surface area (Å²) in [7, 11) is 0. The van der Waals surface area contributed by atoms with Gasteiger partial charge in [0.05, 0.1) is 6.07 Å². The normalized spacial score (nSPS) is 39.9. The van der Waals surface area contributed by atoms with Crippen LogP contribution in [0.5, 0.6) is 0 Å². The quantitative estimate of drug-likeness (QED) is 0.848. The van der Waals surface area contributed by atoms with Gasteiger partial charge in [0.2, 0.25) is 5.91 Å². The number of amides is 1. The maximum absolute atomic E-state index is 12.1. The molecule has 4 bridgehead atoms. The third-order valence-electron chi connectivity index (χ3n) is 5.57. The first-order valence-electron chi connectivity index (χ1n) is 7.69. The lowest BCUT2D eigenvalue weighted by Gasteiger charge is -2.54. The Hall–Kier alpha value is -1.04. The highest BCUT2D eigenvalue weighted by atomic mass is 16.1. The number of rotatable bonds is 3. The van der Waals surface area contributed by atoms with Crippen LogP contribution in [-0.2, 0) is 4.79 Å². The summed E-state index contributed by atoms with van der Waals surface area (Å²) < 4.78 is 0. The van der Waals surface area contributed by atoms with Crippen molar-refractivity contribution in [3.63, 3.8) is 0 Å². The molecule has 0 aromatic rings. The zero-order valence-electron chi connectivity index (χ0n) is 12.0. The lowest BCUT2D eigenvalue weighted by Crippen LogP contribution is -2.48. The minimum atomic E-state index is -0.733. The number of hydrogen-bond acceptors (Lipinski definition) is 2. The highest BCUT2D eigenvalue weighted by Gasteiger charge is 2.48. The van der Waals surface area contributed by atoms with Gasteiger partial charge in [0.25, 0.3) is 0 Å². The average Bonchev–Trinajstić information content (AvgIpc) is 2.32. The monoisotopic (exact) mass is 260 g/mol. The molecule has 1 amide bonds. The smallest absolute Gasteiger partial charge is 0.221 e. The van der Waals surface area contributed by atoms with Gasteiger partial charge in [-0.15, -0.1) is 0 Å². The molecule has 4 saturated carbocycles. The molecule has 0 unspecified atom stereocenters. The van der Waals surface area contributed by atoms with Crippen molar-refractivity contribution in [2.75, 3.05) is 0 Å². The number of carbonyl (C=O) groups is 1. The van der Waals surface area contributed by atoms with Crippen LogP contribution in [0.2, 0.25) is 0 Å². The molecule has 3 nitrogen and oxygen atoms in total. The fourth-order valence-electron chi connectivity index (χ4n) is 5.01. The Kier molecular flexibility index (Phi) is 3.08. The molecule has 0 saturated heterocycles. The SMILES string of the molecule is CC(C)(C#N)NC(=O)CC1C2CC3CC(C2)CC1C3. The van der Waals surface area contributed by atoms with E-state index in [1.165, 1.54) is 32.1 Å². The summed E-state index contributed by atoms with van der Waals surface area (Å²) in [5, 5.41) is 11.9. The van der Waals surface area contributed by atoms with E-state index in [0.717, 1.165) is 23.7 Å². The Bertz CT molecular complexity index is 393. The molecule has 0 heterocycles. The predicted octanol–water partition coefficient (Wildman–Crippen LogP) is 2.87. The number of carbonyl (C=O) groups excluding carboxylic acids is 1. The Morgan fingerprint density at radius 3 is 2.16 bits per heavy atom. The molecule has 4 fully saturated rings. The third-order valence-corrected chi connectivity index (χ3v) is 5.57. The van der Waals surface area contributed by atoms with Crippen molar-refractivity contribution in [1.82, 2.24) is 5.32 Å². The van der Waals surface area contributed by atoms with Crippen LogP contribution >= 0.6 is 0 Å². The Balaban J connectivity index is 1.62. The van der Waals surface area contributed by atoms with Crippen molar-refractivity contribution in [3.8, 4) is 6.07 Å².